The van der Waals surface area contributed by atoms with Gasteiger partial charge in [0.2, 0.25) is 5.91 Å². The first-order valence-corrected chi connectivity index (χ1v) is 8.87. The van der Waals surface area contributed by atoms with Crippen LogP contribution in [0.3, 0.4) is 0 Å². The fourth-order valence-corrected chi connectivity index (χ4v) is 3.67. The summed E-state index contributed by atoms with van der Waals surface area (Å²) in [5.74, 6) is 0.695. The van der Waals surface area contributed by atoms with E-state index in [9.17, 15) is 4.79 Å². The van der Waals surface area contributed by atoms with E-state index in [-0.39, 0.29) is 11.8 Å². The number of carbonyl (C=O) groups is 1. The molecule has 0 saturated carbocycles. The van der Waals surface area contributed by atoms with E-state index in [4.69, 9.17) is 4.52 Å². The molecule has 7 heteroatoms. The minimum Gasteiger partial charge on any atom is -0.361 e. The zero-order valence-electron chi connectivity index (χ0n) is 15.5. The van der Waals surface area contributed by atoms with Crippen molar-refractivity contribution in [1.82, 2.24) is 24.7 Å². The van der Waals surface area contributed by atoms with E-state index in [0.717, 1.165) is 56.2 Å². The zero-order valence-corrected chi connectivity index (χ0v) is 15.5. The van der Waals surface area contributed by atoms with Gasteiger partial charge in [0.15, 0.2) is 0 Å². The molecule has 0 aromatic carbocycles. The molecule has 136 valence electrons. The summed E-state index contributed by atoms with van der Waals surface area (Å²) in [5, 5.41) is 8.21. The average molecular weight is 345 g/mol. The Hall–Kier alpha value is -2.15. The number of aryl methyl sites for hydroxylation is 3. The van der Waals surface area contributed by atoms with Gasteiger partial charge in [-0.05, 0) is 27.2 Å². The van der Waals surface area contributed by atoms with Crippen molar-refractivity contribution in [3.8, 4) is 0 Å². The van der Waals surface area contributed by atoms with Crippen molar-refractivity contribution < 1.29 is 9.32 Å². The Bertz CT molecular complexity index is 716. The highest BCUT2D eigenvalue weighted by Crippen LogP contribution is 2.25. The third-order valence-electron chi connectivity index (χ3n) is 4.96. The quantitative estimate of drug-likeness (QED) is 0.846. The number of rotatable bonds is 4. The summed E-state index contributed by atoms with van der Waals surface area (Å²) in [6.07, 6.45) is 4.95. The Morgan fingerprint density at radius 2 is 2.08 bits per heavy atom. The molecular weight excluding hydrogens is 318 g/mol. The van der Waals surface area contributed by atoms with Gasteiger partial charge in [-0.2, -0.15) is 5.10 Å². The second-order valence-electron chi connectivity index (χ2n) is 6.94. The van der Waals surface area contributed by atoms with Gasteiger partial charge in [-0.3, -0.25) is 14.4 Å². The van der Waals surface area contributed by atoms with Crippen LogP contribution in [-0.4, -0.2) is 56.8 Å². The highest BCUT2D eigenvalue weighted by atomic mass is 16.5. The number of aromatic nitrogens is 3. The molecule has 1 saturated heterocycles. The maximum Gasteiger partial charge on any atom is 0.230 e. The summed E-state index contributed by atoms with van der Waals surface area (Å²) < 4.78 is 7.05. The smallest absolute Gasteiger partial charge is 0.230 e. The van der Waals surface area contributed by atoms with Crippen molar-refractivity contribution in [3.63, 3.8) is 0 Å². The predicted octanol–water partition coefficient (Wildman–Crippen LogP) is 1.86. The van der Waals surface area contributed by atoms with Crippen molar-refractivity contribution in [2.45, 2.75) is 39.7 Å². The molecule has 7 nitrogen and oxygen atoms in total. The minimum absolute atomic E-state index is 0.164. The molecule has 1 unspecified atom stereocenters. The highest BCUT2D eigenvalue weighted by Gasteiger charge is 2.28. The van der Waals surface area contributed by atoms with Gasteiger partial charge in [0, 0.05) is 57.1 Å². The van der Waals surface area contributed by atoms with E-state index >= 15 is 0 Å². The summed E-state index contributed by atoms with van der Waals surface area (Å²) in [7, 11) is 1.93. The molecule has 0 radical (unpaired) electrons. The molecule has 3 rings (SSSR count). The topological polar surface area (TPSA) is 67.4 Å². The van der Waals surface area contributed by atoms with Crippen LogP contribution in [0.5, 0.6) is 0 Å². The second kappa shape index (κ2) is 7.39. The van der Waals surface area contributed by atoms with E-state index in [2.05, 4.69) is 15.2 Å². The molecule has 1 amide bonds. The molecule has 0 aliphatic carbocycles. The normalized spacial score (nSPS) is 17.5. The Morgan fingerprint density at radius 3 is 2.72 bits per heavy atom. The van der Waals surface area contributed by atoms with Crippen LogP contribution >= 0.6 is 0 Å². The molecule has 1 aliphatic rings. The fourth-order valence-electron chi connectivity index (χ4n) is 3.67. The van der Waals surface area contributed by atoms with Crippen molar-refractivity contribution in [2.24, 2.45) is 7.05 Å². The van der Waals surface area contributed by atoms with Gasteiger partial charge in [-0.1, -0.05) is 5.16 Å². The van der Waals surface area contributed by atoms with Crippen molar-refractivity contribution in [3.05, 3.63) is 35.0 Å². The SMILES string of the molecule is Cc1noc(C)c1C(C)C(=O)N1CCCN(Cc2cnn(C)c2)CC1. The largest absolute Gasteiger partial charge is 0.361 e. The minimum atomic E-state index is -0.212. The van der Waals surface area contributed by atoms with Crippen molar-refractivity contribution >= 4 is 5.91 Å². The highest BCUT2D eigenvalue weighted by molar-refractivity contribution is 5.83. The summed E-state index contributed by atoms with van der Waals surface area (Å²) in [6, 6.07) is 0. The maximum atomic E-state index is 12.9. The van der Waals surface area contributed by atoms with Gasteiger partial charge in [-0.25, -0.2) is 0 Å². The Kier molecular flexibility index (Phi) is 5.22. The number of nitrogens with zero attached hydrogens (tertiary/aromatic N) is 5. The molecule has 0 spiro atoms. The van der Waals surface area contributed by atoms with Gasteiger partial charge >= 0.3 is 0 Å². The van der Waals surface area contributed by atoms with Crippen LogP contribution in [0.4, 0.5) is 0 Å². The molecule has 1 atom stereocenters. The van der Waals surface area contributed by atoms with Crippen LogP contribution in [0.1, 0.15) is 41.8 Å². The fraction of sp³-hybridized carbons (Fsp3) is 0.611. The van der Waals surface area contributed by atoms with Crippen molar-refractivity contribution in [1.29, 1.82) is 0 Å². The third kappa shape index (κ3) is 3.92. The van der Waals surface area contributed by atoms with E-state index in [1.165, 1.54) is 5.56 Å². The summed E-state index contributed by atoms with van der Waals surface area (Å²) in [5.41, 5.74) is 2.96. The van der Waals surface area contributed by atoms with Crippen LogP contribution in [0.25, 0.3) is 0 Å². The predicted molar refractivity (Wildman–Crippen MR) is 94.1 cm³/mol. The molecule has 0 N–H and O–H groups in total. The number of hydrogen-bond acceptors (Lipinski definition) is 5. The third-order valence-corrected chi connectivity index (χ3v) is 4.96. The Morgan fingerprint density at radius 1 is 1.28 bits per heavy atom. The van der Waals surface area contributed by atoms with Gasteiger partial charge in [-0.15, -0.1) is 0 Å². The lowest BCUT2D eigenvalue weighted by Gasteiger charge is -2.24. The van der Waals surface area contributed by atoms with E-state index in [1.54, 1.807) is 0 Å². The van der Waals surface area contributed by atoms with Crippen LogP contribution in [0.15, 0.2) is 16.9 Å². The number of carbonyl (C=O) groups excluding carboxylic acids is 1. The maximum absolute atomic E-state index is 12.9. The van der Waals surface area contributed by atoms with Crippen LogP contribution in [0.2, 0.25) is 0 Å². The van der Waals surface area contributed by atoms with Crippen LogP contribution < -0.4 is 0 Å². The standard InChI is InChI=1S/C18H27N5O2/c1-13(17-14(2)20-25-15(17)3)18(24)23-7-5-6-22(8-9-23)12-16-10-19-21(4)11-16/h10-11,13H,5-9,12H2,1-4H3. The second-order valence-corrected chi connectivity index (χ2v) is 6.94. The van der Waals surface area contributed by atoms with Gasteiger partial charge in [0.25, 0.3) is 0 Å². The van der Waals surface area contributed by atoms with E-state index < -0.39 is 0 Å². The lowest BCUT2D eigenvalue weighted by Crippen LogP contribution is -2.37. The van der Waals surface area contributed by atoms with E-state index in [0.29, 0.717) is 0 Å². The van der Waals surface area contributed by atoms with Crippen LogP contribution in [0, 0.1) is 13.8 Å². The molecule has 2 aromatic rings. The first-order valence-electron chi connectivity index (χ1n) is 8.87. The molecule has 2 aromatic heterocycles. The van der Waals surface area contributed by atoms with Crippen molar-refractivity contribution in [2.75, 3.05) is 26.2 Å². The van der Waals surface area contributed by atoms with Crippen LogP contribution in [-0.2, 0) is 18.4 Å². The molecule has 1 aliphatic heterocycles. The summed E-state index contributed by atoms with van der Waals surface area (Å²) >= 11 is 0. The molecule has 0 bridgehead atoms. The zero-order chi connectivity index (χ0) is 18.0. The van der Waals surface area contributed by atoms with Gasteiger partial charge in [0.1, 0.15) is 5.76 Å². The Labute approximate surface area is 148 Å². The van der Waals surface area contributed by atoms with E-state index in [1.807, 2.05) is 49.8 Å². The molecular formula is C18H27N5O2. The summed E-state index contributed by atoms with van der Waals surface area (Å²) in [4.78, 5) is 17.3. The first-order chi connectivity index (χ1) is 12.0. The van der Waals surface area contributed by atoms with Gasteiger partial charge < -0.3 is 9.42 Å². The molecule has 3 heterocycles. The monoisotopic (exact) mass is 345 g/mol. The lowest BCUT2D eigenvalue weighted by atomic mass is 9.98. The lowest BCUT2D eigenvalue weighted by molar-refractivity contribution is -0.132. The average Bonchev–Trinajstić information content (AvgIpc) is 3.04. The Balaban J connectivity index is 1.61. The van der Waals surface area contributed by atoms with Gasteiger partial charge in [0.05, 0.1) is 17.8 Å². The molecule has 1 fully saturated rings. The summed E-state index contributed by atoms with van der Waals surface area (Å²) in [6.45, 7) is 10.0. The molecule has 25 heavy (non-hydrogen) atoms. The number of hydrogen-bond donors (Lipinski definition) is 0. The first kappa shape index (κ1) is 17.7. The number of amides is 1.